The average Bonchev–Trinajstić information content (AvgIpc) is 3.41. The summed E-state index contributed by atoms with van der Waals surface area (Å²) in [5.74, 6) is 6.18. The van der Waals surface area contributed by atoms with Crippen molar-refractivity contribution >= 4 is 5.97 Å². The zero-order valence-corrected chi connectivity index (χ0v) is 32.7. The van der Waals surface area contributed by atoms with Crippen LogP contribution in [0.5, 0.6) is 0 Å². The molecule has 4 rings (SSSR count). The fourth-order valence-electron chi connectivity index (χ4n) is 11.9. The molecule has 0 saturated heterocycles. The molecule has 0 aromatic rings. The topological polar surface area (TPSA) is 26.3 Å². The Morgan fingerprint density at radius 2 is 1.43 bits per heavy atom. The van der Waals surface area contributed by atoms with Crippen molar-refractivity contribution in [2.45, 2.75) is 215 Å². The predicted octanol–water partition coefficient (Wildman–Crippen LogP) is 14.1. The van der Waals surface area contributed by atoms with E-state index in [0.29, 0.717) is 17.3 Å². The Balaban J connectivity index is 1.16. The van der Waals surface area contributed by atoms with Gasteiger partial charge in [0.2, 0.25) is 0 Å². The molecule has 3 fully saturated rings. The van der Waals surface area contributed by atoms with Gasteiger partial charge >= 0.3 is 5.97 Å². The molecule has 3 unspecified atom stereocenters. The minimum absolute atomic E-state index is 0.0640. The molecule has 0 radical (unpaired) electrons. The molecule has 0 spiro atoms. The Morgan fingerprint density at radius 3 is 2.04 bits per heavy atom. The fourth-order valence-corrected chi connectivity index (χ4v) is 11.9. The second-order valence-electron chi connectivity index (χ2n) is 18.3. The minimum Gasteiger partial charge on any atom is -0.462 e. The third kappa shape index (κ3) is 10.1. The minimum atomic E-state index is 0.0640. The molecule has 4 aliphatic carbocycles. The van der Waals surface area contributed by atoms with Gasteiger partial charge in [0.1, 0.15) is 6.10 Å². The van der Waals surface area contributed by atoms with Gasteiger partial charge in [0.15, 0.2) is 0 Å². The summed E-state index contributed by atoms with van der Waals surface area (Å²) in [5.41, 5.74) is 2.52. The number of rotatable bonds is 21. The third-order valence-corrected chi connectivity index (χ3v) is 15.1. The Hall–Kier alpha value is -0.790. The molecule has 3 saturated carbocycles. The predicted molar refractivity (Wildman–Crippen MR) is 202 cm³/mol. The summed E-state index contributed by atoms with van der Waals surface area (Å²) in [6.45, 7) is 17.5. The van der Waals surface area contributed by atoms with E-state index in [2.05, 4.69) is 54.5 Å². The van der Waals surface area contributed by atoms with Gasteiger partial charge in [0.25, 0.3) is 0 Å². The largest absolute Gasteiger partial charge is 0.462 e. The Kier molecular flexibility index (Phi) is 15.8. The second kappa shape index (κ2) is 19.0. The van der Waals surface area contributed by atoms with E-state index in [0.717, 1.165) is 60.7 Å². The molecular weight excluding hydrogens is 572 g/mol. The van der Waals surface area contributed by atoms with Gasteiger partial charge in [-0.15, -0.1) is 0 Å². The number of unbranched alkanes of at least 4 members (excludes halogenated alkanes) is 12. The molecule has 0 heterocycles. The number of allylic oxidation sites excluding steroid dienone is 1. The lowest BCUT2D eigenvalue weighted by molar-refractivity contribution is -0.151. The molecule has 0 amide bonds. The Labute approximate surface area is 293 Å². The highest BCUT2D eigenvalue weighted by Crippen LogP contribution is 2.67. The van der Waals surface area contributed by atoms with E-state index in [-0.39, 0.29) is 12.1 Å². The smallest absolute Gasteiger partial charge is 0.306 e. The Morgan fingerprint density at radius 1 is 0.787 bits per heavy atom. The van der Waals surface area contributed by atoms with Gasteiger partial charge in [-0.05, 0) is 110 Å². The summed E-state index contributed by atoms with van der Waals surface area (Å²) < 4.78 is 6.14. The van der Waals surface area contributed by atoms with Gasteiger partial charge in [0.05, 0.1) is 0 Å². The van der Waals surface area contributed by atoms with Gasteiger partial charge in [-0.3, -0.25) is 4.79 Å². The summed E-state index contributed by atoms with van der Waals surface area (Å²) >= 11 is 0. The van der Waals surface area contributed by atoms with E-state index in [4.69, 9.17) is 4.74 Å². The van der Waals surface area contributed by atoms with Crippen molar-refractivity contribution in [3.8, 4) is 0 Å². The van der Waals surface area contributed by atoms with E-state index in [1.807, 2.05) is 0 Å². The number of ether oxygens (including phenoxy) is 1. The normalized spacial score (nSPS) is 33.1. The molecule has 47 heavy (non-hydrogen) atoms. The van der Waals surface area contributed by atoms with Crippen LogP contribution >= 0.6 is 0 Å². The highest BCUT2D eigenvalue weighted by molar-refractivity contribution is 5.69. The van der Waals surface area contributed by atoms with E-state index in [1.165, 1.54) is 135 Å². The summed E-state index contributed by atoms with van der Waals surface area (Å²) in [6, 6.07) is 0. The highest BCUT2D eigenvalue weighted by Gasteiger charge is 2.59. The van der Waals surface area contributed by atoms with Crippen molar-refractivity contribution in [1.29, 1.82) is 0 Å². The number of esters is 1. The van der Waals surface area contributed by atoms with Crippen molar-refractivity contribution in [1.82, 2.24) is 0 Å². The summed E-state index contributed by atoms with van der Waals surface area (Å²) in [6.07, 6.45) is 35.4. The van der Waals surface area contributed by atoms with Crippen LogP contribution in [0.1, 0.15) is 209 Å². The van der Waals surface area contributed by atoms with Crippen LogP contribution in [0, 0.1) is 52.3 Å². The summed E-state index contributed by atoms with van der Waals surface area (Å²) in [7, 11) is 0. The lowest BCUT2D eigenvalue weighted by Crippen LogP contribution is -2.51. The SMILES string of the molecule is CCCCCCCCCCCCCCCC(=O)OC1CC[C@@]2(C)C(=CC[C@H]3[C@H]4CC[C@@H](C(C)CCC(CC)C(C)C)[C@@]4(C)CC[C@H]32)C1. The monoisotopic (exact) mass is 653 g/mol. The van der Waals surface area contributed by atoms with E-state index in [9.17, 15) is 4.79 Å². The van der Waals surface area contributed by atoms with Crippen LogP contribution in [0.2, 0.25) is 0 Å². The lowest BCUT2D eigenvalue weighted by Gasteiger charge is -2.58. The quantitative estimate of drug-likeness (QED) is 0.0700. The van der Waals surface area contributed by atoms with Crippen molar-refractivity contribution < 1.29 is 9.53 Å². The van der Waals surface area contributed by atoms with E-state index in [1.54, 1.807) is 5.57 Å². The van der Waals surface area contributed by atoms with Gasteiger partial charge in [0, 0.05) is 12.8 Å². The van der Waals surface area contributed by atoms with E-state index >= 15 is 0 Å². The number of carbonyl (C=O) groups is 1. The molecular formula is C45H80O2. The molecule has 0 aromatic carbocycles. The molecule has 0 N–H and O–H groups in total. The van der Waals surface area contributed by atoms with Crippen LogP contribution in [0.25, 0.3) is 0 Å². The molecule has 0 aromatic heterocycles. The number of hydrogen-bond acceptors (Lipinski definition) is 2. The fraction of sp³-hybridized carbons (Fsp3) is 0.933. The zero-order valence-electron chi connectivity index (χ0n) is 32.7. The maximum Gasteiger partial charge on any atom is 0.306 e. The van der Waals surface area contributed by atoms with Crippen LogP contribution in [-0.4, -0.2) is 12.1 Å². The van der Waals surface area contributed by atoms with Gasteiger partial charge < -0.3 is 4.74 Å². The van der Waals surface area contributed by atoms with Gasteiger partial charge in [-0.1, -0.05) is 150 Å². The molecule has 2 heteroatoms. The lowest BCUT2D eigenvalue weighted by atomic mass is 9.47. The third-order valence-electron chi connectivity index (χ3n) is 15.1. The van der Waals surface area contributed by atoms with Gasteiger partial charge in [-0.2, -0.15) is 0 Å². The summed E-state index contributed by atoms with van der Waals surface area (Å²) in [4.78, 5) is 12.8. The summed E-state index contributed by atoms with van der Waals surface area (Å²) in [5, 5.41) is 0. The first-order valence-electron chi connectivity index (χ1n) is 21.5. The van der Waals surface area contributed by atoms with Gasteiger partial charge in [-0.25, -0.2) is 0 Å². The van der Waals surface area contributed by atoms with Crippen LogP contribution in [0.4, 0.5) is 0 Å². The number of fused-ring (bicyclic) bond motifs is 5. The number of hydrogen-bond donors (Lipinski definition) is 0. The molecule has 4 aliphatic rings. The van der Waals surface area contributed by atoms with Crippen molar-refractivity contribution in [2.75, 3.05) is 0 Å². The first kappa shape index (κ1) is 39.0. The first-order chi connectivity index (χ1) is 22.6. The highest BCUT2D eigenvalue weighted by atomic mass is 16.5. The average molecular weight is 653 g/mol. The standard InChI is InChI=1S/C45H80O2/c1-8-10-11-12-13-14-15-16-17-18-19-20-21-22-43(46)47-38-29-31-44(6)37(33-38)25-26-39-41-28-27-40(45(41,7)32-30-42(39)44)35(5)23-24-36(9-2)34(3)4/h25,34-36,38-42H,8-24,26-33H2,1-7H3/t35?,36?,38?,39-,40-,41+,42+,44-,45+/m0/s1. The number of carbonyl (C=O) groups excluding carboxylic acids is 1. The molecule has 0 bridgehead atoms. The second-order valence-corrected chi connectivity index (χ2v) is 18.3. The molecule has 2 nitrogen and oxygen atoms in total. The van der Waals surface area contributed by atoms with Crippen LogP contribution in [-0.2, 0) is 9.53 Å². The molecule has 272 valence electrons. The van der Waals surface area contributed by atoms with Crippen molar-refractivity contribution in [2.24, 2.45) is 52.3 Å². The molecule has 0 aliphatic heterocycles. The maximum absolute atomic E-state index is 12.8. The van der Waals surface area contributed by atoms with Crippen molar-refractivity contribution in [3.05, 3.63) is 11.6 Å². The van der Waals surface area contributed by atoms with Crippen LogP contribution < -0.4 is 0 Å². The Bertz CT molecular complexity index is 950. The van der Waals surface area contributed by atoms with Crippen LogP contribution in [0.3, 0.4) is 0 Å². The van der Waals surface area contributed by atoms with Crippen LogP contribution in [0.15, 0.2) is 11.6 Å². The zero-order chi connectivity index (χ0) is 33.9. The molecule has 9 atom stereocenters. The first-order valence-corrected chi connectivity index (χ1v) is 21.5. The van der Waals surface area contributed by atoms with Crippen molar-refractivity contribution in [3.63, 3.8) is 0 Å². The van der Waals surface area contributed by atoms with E-state index < -0.39 is 0 Å². The maximum atomic E-state index is 12.8.